The van der Waals surface area contributed by atoms with Crippen LogP contribution in [-0.2, 0) is 4.32 Å². The van der Waals surface area contributed by atoms with Crippen LogP contribution in [0.15, 0.2) is 71.2 Å². The van der Waals surface area contributed by atoms with Crippen LogP contribution in [0.2, 0.25) is 0 Å². The lowest BCUT2D eigenvalue weighted by Crippen LogP contribution is -2.23. The summed E-state index contributed by atoms with van der Waals surface area (Å²) in [7, 11) is 1.71. The van der Waals surface area contributed by atoms with E-state index in [0.29, 0.717) is 0 Å². The Hall–Kier alpha value is -1.10. The predicted octanol–water partition coefficient (Wildman–Crippen LogP) is 7.21. The lowest BCUT2D eigenvalue weighted by atomic mass is 9.89. The van der Waals surface area contributed by atoms with Crippen molar-refractivity contribution < 1.29 is 4.74 Å². The SMILES string of the molecule is COc1ccc(Br)cc1C(Br)C1(Br)c2ccccc2-c2ccccc21. The molecule has 1 aliphatic rings. The van der Waals surface area contributed by atoms with Crippen molar-refractivity contribution in [2.24, 2.45) is 0 Å². The minimum Gasteiger partial charge on any atom is -0.496 e. The Bertz CT molecular complexity index is 906. The molecule has 126 valence electrons. The van der Waals surface area contributed by atoms with Gasteiger partial charge in [0.15, 0.2) is 0 Å². The molecule has 4 rings (SSSR count). The zero-order valence-electron chi connectivity index (χ0n) is 13.5. The molecule has 0 saturated heterocycles. The number of hydrogen-bond donors (Lipinski definition) is 0. The zero-order valence-corrected chi connectivity index (χ0v) is 18.2. The highest BCUT2D eigenvalue weighted by molar-refractivity contribution is 9.12. The third-order valence-corrected chi connectivity index (χ3v) is 8.34. The summed E-state index contributed by atoms with van der Waals surface area (Å²) in [6.45, 7) is 0. The molecular formula is C21H15Br3O. The molecule has 25 heavy (non-hydrogen) atoms. The van der Waals surface area contributed by atoms with Crippen LogP contribution in [0.4, 0.5) is 0 Å². The highest BCUT2D eigenvalue weighted by Gasteiger charge is 2.47. The van der Waals surface area contributed by atoms with Crippen LogP contribution in [0.5, 0.6) is 5.75 Å². The number of halogens is 3. The van der Waals surface area contributed by atoms with Crippen molar-refractivity contribution in [3.05, 3.63) is 87.9 Å². The summed E-state index contributed by atoms with van der Waals surface area (Å²) in [5, 5.41) is 0. The molecule has 0 heterocycles. The van der Waals surface area contributed by atoms with E-state index in [-0.39, 0.29) is 9.15 Å². The van der Waals surface area contributed by atoms with E-state index < -0.39 is 0 Å². The van der Waals surface area contributed by atoms with E-state index in [1.807, 2.05) is 12.1 Å². The van der Waals surface area contributed by atoms with Gasteiger partial charge in [0.1, 0.15) is 5.75 Å². The predicted molar refractivity (Wildman–Crippen MR) is 114 cm³/mol. The van der Waals surface area contributed by atoms with Crippen LogP contribution in [0.25, 0.3) is 11.1 Å². The smallest absolute Gasteiger partial charge is 0.123 e. The zero-order chi connectivity index (χ0) is 17.6. The van der Waals surface area contributed by atoms with Gasteiger partial charge < -0.3 is 4.74 Å². The minimum atomic E-state index is -0.367. The van der Waals surface area contributed by atoms with Gasteiger partial charge in [0.05, 0.1) is 16.3 Å². The van der Waals surface area contributed by atoms with Crippen molar-refractivity contribution in [2.45, 2.75) is 9.15 Å². The monoisotopic (exact) mass is 520 g/mol. The second kappa shape index (κ2) is 6.57. The molecular weight excluding hydrogens is 508 g/mol. The van der Waals surface area contributed by atoms with Crippen molar-refractivity contribution in [2.75, 3.05) is 7.11 Å². The van der Waals surface area contributed by atoms with Gasteiger partial charge in [0.2, 0.25) is 0 Å². The Morgan fingerprint density at radius 3 is 2.00 bits per heavy atom. The van der Waals surface area contributed by atoms with Crippen molar-refractivity contribution in [1.82, 2.24) is 0 Å². The number of ether oxygens (including phenoxy) is 1. The summed E-state index contributed by atoms with van der Waals surface area (Å²) in [4.78, 5) is -0.00255. The van der Waals surface area contributed by atoms with Crippen LogP contribution in [0.1, 0.15) is 21.5 Å². The number of fused-ring (bicyclic) bond motifs is 3. The molecule has 4 heteroatoms. The van der Waals surface area contributed by atoms with Crippen LogP contribution in [-0.4, -0.2) is 7.11 Å². The third kappa shape index (κ3) is 2.61. The van der Waals surface area contributed by atoms with Gasteiger partial charge in [-0.25, -0.2) is 0 Å². The summed E-state index contributed by atoms with van der Waals surface area (Å²) < 4.78 is 6.29. The summed E-state index contributed by atoms with van der Waals surface area (Å²) in [6, 6.07) is 23.3. The Kier molecular flexibility index (Phi) is 4.55. The van der Waals surface area contributed by atoms with Crippen LogP contribution >= 0.6 is 47.8 Å². The fourth-order valence-electron chi connectivity index (χ4n) is 3.61. The molecule has 3 aromatic carbocycles. The molecule has 0 amide bonds. The summed E-state index contributed by atoms with van der Waals surface area (Å²) in [6.07, 6.45) is 0. The van der Waals surface area contributed by atoms with Crippen LogP contribution < -0.4 is 4.74 Å². The number of benzene rings is 3. The first-order chi connectivity index (χ1) is 12.1. The molecule has 0 bridgehead atoms. The van der Waals surface area contributed by atoms with Gasteiger partial charge in [-0.3, -0.25) is 0 Å². The normalized spacial score (nSPS) is 15.4. The van der Waals surface area contributed by atoms with Gasteiger partial charge in [0.25, 0.3) is 0 Å². The van der Waals surface area contributed by atoms with E-state index in [4.69, 9.17) is 4.74 Å². The second-order valence-corrected chi connectivity index (χ2v) is 9.13. The maximum absolute atomic E-state index is 5.63. The Labute approximate surface area is 172 Å². The van der Waals surface area contributed by atoms with Gasteiger partial charge in [-0.1, -0.05) is 96.3 Å². The first kappa shape index (κ1) is 17.3. The molecule has 0 spiro atoms. The second-order valence-electron chi connectivity index (χ2n) is 6.05. The van der Waals surface area contributed by atoms with Crippen molar-refractivity contribution >= 4 is 47.8 Å². The molecule has 1 atom stereocenters. The molecule has 1 aliphatic carbocycles. The van der Waals surface area contributed by atoms with Gasteiger partial charge in [-0.05, 0) is 40.5 Å². The summed E-state index contributed by atoms with van der Waals surface area (Å²) >= 11 is 11.7. The van der Waals surface area contributed by atoms with Crippen LogP contribution in [0, 0.1) is 0 Å². The Morgan fingerprint density at radius 2 is 1.44 bits per heavy atom. The Morgan fingerprint density at radius 1 is 0.880 bits per heavy atom. The average molecular weight is 523 g/mol. The van der Waals surface area contributed by atoms with Gasteiger partial charge in [0, 0.05) is 10.0 Å². The number of hydrogen-bond acceptors (Lipinski definition) is 1. The lowest BCUT2D eigenvalue weighted by molar-refractivity contribution is 0.408. The number of rotatable bonds is 3. The fourth-order valence-corrected chi connectivity index (χ4v) is 5.77. The van der Waals surface area contributed by atoms with E-state index in [2.05, 4.69) is 102 Å². The third-order valence-electron chi connectivity index (χ3n) is 4.74. The lowest BCUT2D eigenvalue weighted by Gasteiger charge is -2.32. The highest BCUT2D eigenvalue weighted by atomic mass is 79.9. The van der Waals surface area contributed by atoms with Crippen LogP contribution in [0.3, 0.4) is 0 Å². The maximum Gasteiger partial charge on any atom is 0.123 e. The quantitative estimate of drug-likeness (QED) is 0.330. The van der Waals surface area contributed by atoms with Crippen molar-refractivity contribution in [3.63, 3.8) is 0 Å². The molecule has 0 aliphatic heterocycles. The summed E-state index contributed by atoms with van der Waals surface area (Å²) in [5.74, 6) is 0.866. The van der Waals surface area contributed by atoms with Gasteiger partial charge in [-0.15, -0.1) is 0 Å². The molecule has 0 radical (unpaired) electrons. The Balaban J connectivity index is 1.97. The van der Waals surface area contributed by atoms with E-state index in [0.717, 1.165) is 15.8 Å². The molecule has 0 fully saturated rings. The first-order valence-electron chi connectivity index (χ1n) is 7.93. The van der Waals surface area contributed by atoms with Gasteiger partial charge in [-0.2, -0.15) is 0 Å². The van der Waals surface area contributed by atoms with Crippen molar-refractivity contribution in [1.29, 1.82) is 0 Å². The topological polar surface area (TPSA) is 9.23 Å². The average Bonchev–Trinajstić information content (AvgIpc) is 2.92. The minimum absolute atomic E-state index is 0.00255. The van der Waals surface area contributed by atoms with Crippen molar-refractivity contribution in [3.8, 4) is 16.9 Å². The number of methoxy groups -OCH3 is 1. The molecule has 0 saturated carbocycles. The first-order valence-corrected chi connectivity index (χ1v) is 10.4. The van der Waals surface area contributed by atoms with E-state index in [1.165, 1.54) is 22.3 Å². The standard InChI is InChI=1S/C21H15Br3O/c1-25-19-11-10-13(22)12-16(19)20(23)21(24)17-8-4-2-6-14(17)15-7-3-5-9-18(15)21/h2-12,20H,1H3. The number of alkyl halides is 2. The van der Waals surface area contributed by atoms with E-state index in [1.54, 1.807) is 7.11 Å². The van der Waals surface area contributed by atoms with Gasteiger partial charge >= 0.3 is 0 Å². The summed E-state index contributed by atoms with van der Waals surface area (Å²) in [5.41, 5.74) is 6.17. The van der Waals surface area contributed by atoms with E-state index >= 15 is 0 Å². The highest BCUT2D eigenvalue weighted by Crippen LogP contribution is 2.61. The molecule has 0 aromatic heterocycles. The molecule has 0 N–H and O–H groups in total. The fraction of sp³-hybridized carbons (Fsp3) is 0.143. The van der Waals surface area contributed by atoms with E-state index in [9.17, 15) is 0 Å². The maximum atomic E-state index is 5.63. The molecule has 1 nitrogen and oxygen atoms in total. The molecule has 3 aromatic rings. The molecule has 1 unspecified atom stereocenters. The largest absolute Gasteiger partial charge is 0.496 e.